The highest BCUT2D eigenvalue weighted by molar-refractivity contribution is 5.84. The predicted molar refractivity (Wildman–Crippen MR) is 67.1 cm³/mol. The highest BCUT2D eigenvalue weighted by Gasteiger charge is 2.14. The number of nitrogen functional groups attached to an aromatic ring is 2. The van der Waals surface area contributed by atoms with Crippen LogP contribution in [0.5, 0.6) is 0 Å². The number of fused-ring (bicyclic) bond motifs is 1. The quantitative estimate of drug-likeness (QED) is 0.525. The van der Waals surface area contributed by atoms with E-state index in [1.807, 2.05) is 6.07 Å². The van der Waals surface area contributed by atoms with Crippen molar-refractivity contribution in [2.24, 2.45) is 0 Å². The van der Waals surface area contributed by atoms with Gasteiger partial charge in [-0.3, -0.25) is 9.78 Å². The zero-order valence-corrected chi connectivity index (χ0v) is 9.36. The SMILES string of the molecule is Nc1nc2c(Cc3ccoc3)c(N)[nH]c2c(=O)[nH]1. The van der Waals surface area contributed by atoms with Crippen molar-refractivity contribution in [2.45, 2.75) is 6.42 Å². The molecule has 0 amide bonds. The van der Waals surface area contributed by atoms with E-state index >= 15 is 0 Å². The molecule has 0 radical (unpaired) electrons. The van der Waals surface area contributed by atoms with Gasteiger partial charge in [0, 0.05) is 12.0 Å². The van der Waals surface area contributed by atoms with Crippen molar-refractivity contribution in [2.75, 3.05) is 11.5 Å². The lowest BCUT2D eigenvalue weighted by atomic mass is 10.1. The summed E-state index contributed by atoms with van der Waals surface area (Å²) in [7, 11) is 0. The van der Waals surface area contributed by atoms with Crippen molar-refractivity contribution in [1.29, 1.82) is 0 Å². The number of aromatic nitrogens is 3. The van der Waals surface area contributed by atoms with E-state index in [-0.39, 0.29) is 11.5 Å². The van der Waals surface area contributed by atoms with Gasteiger partial charge in [-0.2, -0.15) is 0 Å². The fourth-order valence-electron chi connectivity index (χ4n) is 1.94. The van der Waals surface area contributed by atoms with Crippen molar-refractivity contribution in [3.63, 3.8) is 0 Å². The summed E-state index contributed by atoms with van der Waals surface area (Å²) in [6.45, 7) is 0. The molecule has 3 rings (SSSR count). The molecule has 0 aliphatic heterocycles. The Morgan fingerprint density at radius 2 is 2.17 bits per heavy atom. The van der Waals surface area contributed by atoms with Crippen LogP contribution < -0.4 is 17.0 Å². The van der Waals surface area contributed by atoms with Gasteiger partial charge in [0.15, 0.2) is 0 Å². The standard InChI is InChI=1S/C11H11N5O2/c12-9-6(3-5-1-2-18-4-5)7-8(14-9)10(17)16-11(13)15-7/h1-2,4,14H,3,12H2,(H3,13,15,16,17). The van der Waals surface area contributed by atoms with Gasteiger partial charge in [0.05, 0.1) is 12.5 Å². The summed E-state index contributed by atoms with van der Waals surface area (Å²) in [5.74, 6) is 0.481. The second-order valence-corrected chi connectivity index (χ2v) is 4.00. The monoisotopic (exact) mass is 245 g/mol. The van der Waals surface area contributed by atoms with Crippen LogP contribution in [0.25, 0.3) is 11.0 Å². The van der Waals surface area contributed by atoms with Crippen LogP contribution in [0.2, 0.25) is 0 Å². The number of H-pyrrole nitrogens is 2. The molecule has 0 aliphatic carbocycles. The van der Waals surface area contributed by atoms with Crippen LogP contribution in [0.3, 0.4) is 0 Å². The number of anilines is 2. The third-order valence-corrected chi connectivity index (χ3v) is 2.77. The Bertz CT molecular complexity index is 754. The molecule has 0 fully saturated rings. The molecule has 0 saturated heterocycles. The van der Waals surface area contributed by atoms with E-state index in [1.54, 1.807) is 12.5 Å². The number of nitrogens with zero attached hydrogens (tertiary/aromatic N) is 1. The van der Waals surface area contributed by atoms with Gasteiger partial charge in [0.25, 0.3) is 5.56 Å². The molecule has 0 spiro atoms. The number of aromatic amines is 2. The Hall–Kier alpha value is -2.70. The molecular weight excluding hydrogens is 234 g/mol. The van der Waals surface area contributed by atoms with Gasteiger partial charge in [-0.15, -0.1) is 0 Å². The second kappa shape index (κ2) is 3.66. The maximum atomic E-state index is 11.7. The van der Waals surface area contributed by atoms with Gasteiger partial charge in [-0.25, -0.2) is 4.98 Å². The third kappa shape index (κ3) is 1.53. The van der Waals surface area contributed by atoms with Crippen LogP contribution in [0.15, 0.2) is 27.8 Å². The van der Waals surface area contributed by atoms with E-state index < -0.39 is 0 Å². The Morgan fingerprint density at radius 1 is 1.33 bits per heavy atom. The zero-order chi connectivity index (χ0) is 12.7. The van der Waals surface area contributed by atoms with E-state index in [4.69, 9.17) is 15.9 Å². The first-order valence-corrected chi connectivity index (χ1v) is 5.32. The van der Waals surface area contributed by atoms with Crippen molar-refractivity contribution in [3.05, 3.63) is 40.1 Å². The first kappa shape index (κ1) is 10.5. The lowest BCUT2D eigenvalue weighted by Gasteiger charge is -1.98. The summed E-state index contributed by atoms with van der Waals surface area (Å²) in [5, 5.41) is 0. The topological polar surface area (TPSA) is 127 Å². The van der Waals surface area contributed by atoms with Crippen LogP contribution in [0.1, 0.15) is 11.1 Å². The van der Waals surface area contributed by atoms with Crippen molar-refractivity contribution < 1.29 is 4.42 Å². The van der Waals surface area contributed by atoms with Crippen LogP contribution in [0, 0.1) is 0 Å². The number of rotatable bonds is 2. The summed E-state index contributed by atoms with van der Waals surface area (Å²) in [6.07, 6.45) is 3.72. The van der Waals surface area contributed by atoms with Crippen LogP contribution >= 0.6 is 0 Å². The van der Waals surface area contributed by atoms with Crippen LogP contribution in [-0.2, 0) is 6.42 Å². The van der Waals surface area contributed by atoms with Gasteiger partial charge in [-0.1, -0.05) is 0 Å². The molecule has 0 saturated carbocycles. The molecule has 18 heavy (non-hydrogen) atoms. The van der Waals surface area contributed by atoms with Crippen LogP contribution in [0.4, 0.5) is 11.8 Å². The number of nitrogens with two attached hydrogens (primary N) is 2. The van der Waals surface area contributed by atoms with Gasteiger partial charge >= 0.3 is 0 Å². The summed E-state index contributed by atoms with van der Waals surface area (Å²) in [5.41, 5.74) is 13.6. The Balaban J connectivity index is 2.22. The summed E-state index contributed by atoms with van der Waals surface area (Å²) < 4.78 is 5.00. The molecule has 7 heteroatoms. The molecule has 3 heterocycles. The highest BCUT2D eigenvalue weighted by Crippen LogP contribution is 2.23. The largest absolute Gasteiger partial charge is 0.472 e. The normalized spacial score (nSPS) is 11.1. The molecule has 0 bridgehead atoms. The average Bonchev–Trinajstić information content (AvgIpc) is 2.91. The predicted octanol–water partition coefficient (Wildman–Crippen LogP) is 0.599. The first-order valence-electron chi connectivity index (χ1n) is 5.32. The molecule has 0 aromatic carbocycles. The zero-order valence-electron chi connectivity index (χ0n) is 9.36. The lowest BCUT2D eigenvalue weighted by Crippen LogP contribution is -2.11. The van der Waals surface area contributed by atoms with E-state index in [0.29, 0.717) is 23.3 Å². The fraction of sp³-hybridized carbons (Fsp3) is 0.0909. The van der Waals surface area contributed by atoms with Crippen molar-refractivity contribution >= 4 is 22.8 Å². The third-order valence-electron chi connectivity index (χ3n) is 2.77. The Morgan fingerprint density at radius 3 is 2.89 bits per heavy atom. The van der Waals surface area contributed by atoms with E-state index in [9.17, 15) is 4.79 Å². The minimum Gasteiger partial charge on any atom is -0.472 e. The van der Waals surface area contributed by atoms with E-state index in [0.717, 1.165) is 11.1 Å². The molecule has 3 aromatic rings. The number of hydrogen-bond acceptors (Lipinski definition) is 5. The molecule has 0 atom stereocenters. The maximum Gasteiger partial charge on any atom is 0.276 e. The first-order chi connectivity index (χ1) is 8.65. The number of hydrogen-bond donors (Lipinski definition) is 4. The molecule has 0 unspecified atom stereocenters. The summed E-state index contributed by atoms with van der Waals surface area (Å²) in [4.78, 5) is 21.0. The van der Waals surface area contributed by atoms with E-state index in [1.165, 1.54) is 0 Å². The molecule has 92 valence electrons. The maximum absolute atomic E-state index is 11.7. The van der Waals surface area contributed by atoms with Crippen molar-refractivity contribution in [1.82, 2.24) is 15.0 Å². The lowest BCUT2D eigenvalue weighted by molar-refractivity contribution is 0.564. The molecule has 0 aliphatic rings. The number of nitrogens with one attached hydrogen (secondary N) is 2. The minimum absolute atomic E-state index is 0.0694. The van der Waals surface area contributed by atoms with Crippen LogP contribution in [-0.4, -0.2) is 15.0 Å². The van der Waals surface area contributed by atoms with Gasteiger partial charge < -0.3 is 20.9 Å². The van der Waals surface area contributed by atoms with Crippen molar-refractivity contribution in [3.8, 4) is 0 Å². The number of furan rings is 1. The van der Waals surface area contributed by atoms with E-state index in [2.05, 4.69) is 15.0 Å². The average molecular weight is 245 g/mol. The molecule has 3 aromatic heterocycles. The molecular formula is C11H11N5O2. The smallest absolute Gasteiger partial charge is 0.276 e. The second-order valence-electron chi connectivity index (χ2n) is 4.00. The van der Waals surface area contributed by atoms with Gasteiger partial charge in [0.1, 0.15) is 16.9 Å². The van der Waals surface area contributed by atoms with Gasteiger partial charge in [0.2, 0.25) is 5.95 Å². The minimum atomic E-state index is -0.331. The molecule has 7 nitrogen and oxygen atoms in total. The summed E-state index contributed by atoms with van der Waals surface area (Å²) in [6, 6.07) is 1.83. The van der Waals surface area contributed by atoms with Gasteiger partial charge in [-0.05, 0) is 11.6 Å². The molecule has 6 N–H and O–H groups in total. The highest BCUT2D eigenvalue weighted by atomic mass is 16.3. The summed E-state index contributed by atoms with van der Waals surface area (Å²) >= 11 is 0. The fourth-order valence-corrected chi connectivity index (χ4v) is 1.94. The Kier molecular flexibility index (Phi) is 2.12. The Labute approximate surface area is 101 Å².